The number of rotatable bonds is 5. The molecule has 0 saturated carbocycles. The molecule has 0 aliphatic carbocycles. The van der Waals surface area contributed by atoms with Gasteiger partial charge in [0, 0.05) is 18.2 Å². The van der Waals surface area contributed by atoms with Crippen LogP contribution in [0.4, 0.5) is 0 Å². The number of ether oxygens (including phenoxy) is 2. The van der Waals surface area contributed by atoms with E-state index >= 15 is 0 Å². The van der Waals surface area contributed by atoms with Gasteiger partial charge in [-0.25, -0.2) is 0 Å². The van der Waals surface area contributed by atoms with Gasteiger partial charge >= 0.3 is 0 Å². The molecule has 0 unspecified atom stereocenters. The fraction of sp³-hybridized carbons (Fsp3) is 0.294. The summed E-state index contributed by atoms with van der Waals surface area (Å²) in [5.74, 6) is 2.82. The highest BCUT2D eigenvalue weighted by atomic mass is 16.5. The molecular weight excluding hydrogens is 250 g/mol. The summed E-state index contributed by atoms with van der Waals surface area (Å²) in [4.78, 5) is 0. The lowest BCUT2D eigenvalue weighted by Crippen LogP contribution is -2.00. The largest absolute Gasteiger partial charge is 0.497 e. The maximum Gasteiger partial charge on any atom is 0.135 e. The Labute approximate surface area is 120 Å². The molecule has 0 aliphatic rings. The summed E-state index contributed by atoms with van der Waals surface area (Å²) in [7, 11) is 1.64. The van der Waals surface area contributed by atoms with Crippen molar-refractivity contribution in [3.8, 4) is 17.2 Å². The molecule has 2 aromatic rings. The van der Waals surface area contributed by atoms with Gasteiger partial charge in [0.05, 0.1) is 7.11 Å². The average Bonchev–Trinajstić information content (AvgIpc) is 2.47. The molecule has 2 aromatic carbocycles. The molecule has 0 amide bonds. The van der Waals surface area contributed by atoms with E-state index < -0.39 is 0 Å². The Bertz CT molecular complexity index is 562. The van der Waals surface area contributed by atoms with E-state index in [9.17, 15) is 0 Å². The summed E-state index contributed by atoms with van der Waals surface area (Å²) in [6.07, 6.45) is 0. The minimum atomic E-state index is 0.434. The van der Waals surface area contributed by atoms with E-state index in [1.165, 1.54) is 5.56 Å². The lowest BCUT2D eigenvalue weighted by atomic mass is 10.0. The second-order valence-electron chi connectivity index (χ2n) is 5.00. The molecule has 0 spiro atoms. The Morgan fingerprint density at radius 2 is 1.65 bits per heavy atom. The normalized spacial score (nSPS) is 10.7. The lowest BCUT2D eigenvalue weighted by molar-refractivity contribution is 0.408. The summed E-state index contributed by atoms with van der Waals surface area (Å²) in [5, 5.41) is 0. The van der Waals surface area contributed by atoms with Crippen molar-refractivity contribution < 1.29 is 9.47 Å². The lowest BCUT2D eigenvalue weighted by Gasteiger charge is -2.12. The van der Waals surface area contributed by atoms with Crippen LogP contribution in [0, 0.1) is 0 Å². The van der Waals surface area contributed by atoms with Gasteiger partial charge < -0.3 is 15.2 Å². The molecule has 0 saturated heterocycles. The van der Waals surface area contributed by atoms with E-state index in [0.717, 1.165) is 22.8 Å². The summed E-state index contributed by atoms with van der Waals surface area (Å²) in [6, 6.07) is 13.8. The Hall–Kier alpha value is -2.00. The number of hydrogen-bond donors (Lipinski definition) is 1. The van der Waals surface area contributed by atoms with Crippen LogP contribution in [0.15, 0.2) is 42.5 Å². The first-order chi connectivity index (χ1) is 9.63. The van der Waals surface area contributed by atoms with Gasteiger partial charge in [-0.15, -0.1) is 0 Å². The number of methoxy groups -OCH3 is 1. The van der Waals surface area contributed by atoms with E-state index in [-0.39, 0.29) is 0 Å². The van der Waals surface area contributed by atoms with Crippen molar-refractivity contribution in [2.24, 2.45) is 5.73 Å². The van der Waals surface area contributed by atoms with Gasteiger partial charge in [0.25, 0.3) is 0 Å². The third-order valence-corrected chi connectivity index (χ3v) is 3.27. The second-order valence-corrected chi connectivity index (χ2v) is 5.00. The maximum atomic E-state index is 5.92. The molecule has 0 radical (unpaired) electrons. The van der Waals surface area contributed by atoms with Gasteiger partial charge in [-0.2, -0.15) is 0 Å². The quantitative estimate of drug-likeness (QED) is 0.891. The number of benzene rings is 2. The molecule has 0 fully saturated rings. The van der Waals surface area contributed by atoms with Crippen LogP contribution in [0.3, 0.4) is 0 Å². The predicted molar refractivity (Wildman–Crippen MR) is 81.5 cm³/mol. The molecule has 0 bridgehead atoms. The highest BCUT2D eigenvalue weighted by molar-refractivity contribution is 5.43. The van der Waals surface area contributed by atoms with Crippen LogP contribution < -0.4 is 15.2 Å². The van der Waals surface area contributed by atoms with Crippen molar-refractivity contribution in [1.29, 1.82) is 0 Å². The van der Waals surface area contributed by atoms with Gasteiger partial charge in [0.2, 0.25) is 0 Å². The molecule has 2 rings (SSSR count). The molecule has 3 nitrogen and oxygen atoms in total. The molecule has 0 heterocycles. The Balaban J connectivity index is 2.24. The van der Waals surface area contributed by atoms with Gasteiger partial charge in [-0.05, 0) is 29.7 Å². The van der Waals surface area contributed by atoms with Crippen LogP contribution in [-0.2, 0) is 6.54 Å². The number of hydrogen-bond acceptors (Lipinski definition) is 3. The number of nitrogens with two attached hydrogens (primary N) is 1. The van der Waals surface area contributed by atoms with E-state index in [1.54, 1.807) is 7.11 Å². The first-order valence-electron chi connectivity index (χ1n) is 6.79. The van der Waals surface area contributed by atoms with Crippen molar-refractivity contribution in [3.63, 3.8) is 0 Å². The smallest absolute Gasteiger partial charge is 0.135 e. The molecule has 3 heteroatoms. The van der Waals surface area contributed by atoms with Crippen molar-refractivity contribution in [2.75, 3.05) is 7.11 Å². The first kappa shape index (κ1) is 14.4. The molecular formula is C17H21NO2. The van der Waals surface area contributed by atoms with E-state index in [1.807, 2.05) is 30.3 Å². The minimum Gasteiger partial charge on any atom is -0.497 e. The van der Waals surface area contributed by atoms with Crippen LogP contribution in [0.2, 0.25) is 0 Å². The molecule has 20 heavy (non-hydrogen) atoms. The fourth-order valence-electron chi connectivity index (χ4n) is 1.97. The van der Waals surface area contributed by atoms with Gasteiger partial charge in [0.15, 0.2) is 0 Å². The van der Waals surface area contributed by atoms with Gasteiger partial charge in [-0.1, -0.05) is 32.0 Å². The van der Waals surface area contributed by atoms with Crippen LogP contribution >= 0.6 is 0 Å². The van der Waals surface area contributed by atoms with Crippen LogP contribution in [0.1, 0.15) is 30.9 Å². The second kappa shape index (κ2) is 6.44. The van der Waals surface area contributed by atoms with E-state index in [4.69, 9.17) is 15.2 Å². The zero-order valence-electron chi connectivity index (χ0n) is 12.2. The van der Waals surface area contributed by atoms with E-state index in [2.05, 4.69) is 26.0 Å². The van der Waals surface area contributed by atoms with Crippen LogP contribution in [-0.4, -0.2) is 7.11 Å². The van der Waals surface area contributed by atoms with Crippen LogP contribution in [0.5, 0.6) is 17.2 Å². The van der Waals surface area contributed by atoms with Crippen LogP contribution in [0.25, 0.3) is 0 Å². The summed E-state index contributed by atoms with van der Waals surface area (Å²) < 4.78 is 11.1. The summed E-state index contributed by atoms with van der Waals surface area (Å²) in [5.41, 5.74) is 7.99. The first-order valence-corrected chi connectivity index (χ1v) is 6.79. The highest BCUT2D eigenvalue weighted by Gasteiger charge is 2.06. The SMILES string of the molecule is COc1ccc(CN)c(Oc2ccc(C(C)C)cc2)c1. The standard InChI is InChI=1S/C17H21NO2/c1-12(2)13-4-7-15(8-5-13)20-17-10-16(19-3)9-6-14(17)11-18/h4-10,12H,11,18H2,1-3H3. The van der Waals surface area contributed by atoms with Gasteiger partial charge in [-0.3, -0.25) is 0 Å². The zero-order chi connectivity index (χ0) is 14.5. The van der Waals surface area contributed by atoms with E-state index in [0.29, 0.717) is 12.5 Å². The molecule has 0 aromatic heterocycles. The zero-order valence-corrected chi connectivity index (χ0v) is 12.2. The van der Waals surface area contributed by atoms with Crippen molar-refractivity contribution in [2.45, 2.75) is 26.3 Å². The topological polar surface area (TPSA) is 44.5 Å². The Morgan fingerprint density at radius 1 is 1.00 bits per heavy atom. The van der Waals surface area contributed by atoms with Crippen molar-refractivity contribution in [1.82, 2.24) is 0 Å². The van der Waals surface area contributed by atoms with Crippen molar-refractivity contribution >= 4 is 0 Å². The highest BCUT2D eigenvalue weighted by Crippen LogP contribution is 2.30. The molecule has 106 valence electrons. The monoisotopic (exact) mass is 271 g/mol. The molecule has 0 aliphatic heterocycles. The molecule has 2 N–H and O–H groups in total. The summed E-state index contributed by atoms with van der Waals surface area (Å²) in [6.45, 7) is 4.78. The van der Waals surface area contributed by atoms with Gasteiger partial charge in [0.1, 0.15) is 17.2 Å². The minimum absolute atomic E-state index is 0.434. The Morgan fingerprint density at radius 3 is 2.20 bits per heavy atom. The molecule has 0 atom stereocenters. The maximum absolute atomic E-state index is 5.92. The average molecular weight is 271 g/mol. The summed E-state index contributed by atoms with van der Waals surface area (Å²) >= 11 is 0. The Kier molecular flexibility index (Phi) is 4.64. The third-order valence-electron chi connectivity index (χ3n) is 3.27. The third kappa shape index (κ3) is 3.31. The predicted octanol–water partition coefficient (Wildman–Crippen LogP) is 4.07. The fourth-order valence-corrected chi connectivity index (χ4v) is 1.97. The van der Waals surface area contributed by atoms with Crippen molar-refractivity contribution in [3.05, 3.63) is 53.6 Å².